The second-order valence-electron chi connectivity index (χ2n) is 5.69. The van der Waals surface area contributed by atoms with E-state index in [1.54, 1.807) is 0 Å². The van der Waals surface area contributed by atoms with Crippen molar-refractivity contribution in [2.75, 3.05) is 26.8 Å². The molecule has 1 aromatic rings. The minimum atomic E-state index is -0.107. The number of nitrogens with zero attached hydrogens (tertiary/aromatic N) is 3. The van der Waals surface area contributed by atoms with E-state index in [2.05, 4.69) is 10.00 Å². The highest BCUT2D eigenvalue weighted by atomic mass is 16.5. The van der Waals surface area contributed by atoms with Crippen molar-refractivity contribution in [3.8, 4) is 0 Å². The van der Waals surface area contributed by atoms with Crippen LogP contribution in [0.25, 0.3) is 0 Å². The van der Waals surface area contributed by atoms with E-state index in [0.29, 0.717) is 6.54 Å². The average Bonchev–Trinajstić information content (AvgIpc) is 2.75. The number of esters is 1. The molecule has 21 heavy (non-hydrogen) atoms. The van der Waals surface area contributed by atoms with E-state index in [4.69, 9.17) is 9.84 Å². The Balaban J connectivity index is 2.06. The molecule has 1 saturated heterocycles. The van der Waals surface area contributed by atoms with Crippen LogP contribution in [-0.4, -0.2) is 52.6 Å². The van der Waals surface area contributed by atoms with Crippen LogP contribution in [0.2, 0.25) is 0 Å². The molecule has 0 saturated carbocycles. The van der Waals surface area contributed by atoms with Gasteiger partial charge in [0.15, 0.2) is 0 Å². The van der Waals surface area contributed by atoms with Crippen molar-refractivity contribution in [2.24, 2.45) is 5.92 Å². The van der Waals surface area contributed by atoms with Crippen molar-refractivity contribution in [1.29, 1.82) is 0 Å². The molecule has 1 aliphatic rings. The zero-order valence-electron chi connectivity index (χ0n) is 13.1. The van der Waals surface area contributed by atoms with Gasteiger partial charge in [-0.2, -0.15) is 5.10 Å². The van der Waals surface area contributed by atoms with Crippen molar-refractivity contribution >= 4 is 5.97 Å². The first-order valence-corrected chi connectivity index (χ1v) is 7.50. The number of ether oxygens (including phenoxy) is 1. The number of methoxy groups -OCH3 is 1. The number of aliphatic hydroxyl groups excluding tert-OH is 1. The van der Waals surface area contributed by atoms with E-state index >= 15 is 0 Å². The summed E-state index contributed by atoms with van der Waals surface area (Å²) >= 11 is 0. The zero-order valence-corrected chi connectivity index (χ0v) is 13.1. The number of likely N-dealkylation sites (tertiary alicyclic amines) is 1. The van der Waals surface area contributed by atoms with Gasteiger partial charge in [0.25, 0.3) is 0 Å². The van der Waals surface area contributed by atoms with Crippen LogP contribution in [0.5, 0.6) is 0 Å². The lowest BCUT2D eigenvalue weighted by Crippen LogP contribution is -2.38. The molecular weight excluding hydrogens is 270 g/mol. The summed E-state index contributed by atoms with van der Waals surface area (Å²) in [6.07, 6.45) is 1.92. The van der Waals surface area contributed by atoms with E-state index in [0.717, 1.165) is 43.9 Å². The minimum Gasteiger partial charge on any atom is -0.469 e. The molecule has 1 N–H and O–H groups in total. The largest absolute Gasteiger partial charge is 0.469 e. The molecule has 6 heteroatoms. The Morgan fingerprint density at radius 3 is 2.90 bits per heavy atom. The van der Waals surface area contributed by atoms with Gasteiger partial charge in [0.05, 0.1) is 31.9 Å². The zero-order chi connectivity index (χ0) is 15.4. The minimum absolute atomic E-state index is 0.0168. The summed E-state index contributed by atoms with van der Waals surface area (Å²) in [6.45, 7) is 7.20. The molecule has 0 radical (unpaired) electrons. The number of aromatic nitrogens is 2. The van der Waals surface area contributed by atoms with Crippen molar-refractivity contribution < 1.29 is 14.6 Å². The highest BCUT2D eigenvalue weighted by Gasteiger charge is 2.27. The number of aryl methyl sites for hydroxylation is 1. The molecule has 2 rings (SSSR count). The monoisotopic (exact) mass is 295 g/mol. The topological polar surface area (TPSA) is 67.6 Å². The third-order valence-corrected chi connectivity index (χ3v) is 4.26. The Bertz CT molecular complexity index is 499. The van der Waals surface area contributed by atoms with Crippen molar-refractivity contribution in [1.82, 2.24) is 14.7 Å². The fourth-order valence-electron chi connectivity index (χ4n) is 3.06. The van der Waals surface area contributed by atoms with Crippen LogP contribution in [0, 0.1) is 19.8 Å². The van der Waals surface area contributed by atoms with E-state index in [1.165, 1.54) is 12.7 Å². The van der Waals surface area contributed by atoms with Gasteiger partial charge in [0.2, 0.25) is 0 Å². The Morgan fingerprint density at radius 1 is 1.48 bits per heavy atom. The maximum atomic E-state index is 11.7. The molecule has 1 aliphatic heterocycles. The van der Waals surface area contributed by atoms with Gasteiger partial charge in [-0.05, 0) is 33.2 Å². The molecule has 1 fully saturated rings. The first kappa shape index (κ1) is 16.0. The fraction of sp³-hybridized carbons (Fsp3) is 0.733. The summed E-state index contributed by atoms with van der Waals surface area (Å²) in [4.78, 5) is 14.0. The first-order valence-electron chi connectivity index (χ1n) is 7.50. The van der Waals surface area contributed by atoms with E-state index < -0.39 is 0 Å². The second-order valence-corrected chi connectivity index (χ2v) is 5.69. The van der Waals surface area contributed by atoms with Crippen LogP contribution in [0.15, 0.2) is 0 Å². The molecule has 2 heterocycles. The normalized spacial score (nSPS) is 19.7. The molecule has 0 bridgehead atoms. The third-order valence-electron chi connectivity index (χ3n) is 4.26. The Kier molecular flexibility index (Phi) is 5.36. The van der Waals surface area contributed by atoms with Gasteiger partial charge in [0, 0.05) is 24.3 Å². The molecule has 0 aromatic carbocycles. The lowest BCUT2D eigenvalue weighted by atomic mass is 9.97. The molecular formula is C15H25N3O3. The van der Waals surface area contributed by atoms with Crippen LogP contribution in [0.1, 0.15) is 29.8 Å². The lowest BCUT2D eigenvalue weighted by Gasteiger charge is -2.31. The molecule has 1 unspecified atom stereocenters. The third kappa shape index (κ3) is 3.63. The number of aliphatic hydroxyl groups is 1. The lowest BCUT2D eigenvalue weighted by molar-refractivity contribution is -0.147. The molecule has 1 atom stereocenters. The van der Waals surface area contributed by atoms with E-state index in [1.807, 2.05) is 18.5 Å². The van der Waals surface area contributed by atoms with Gasteiger partial charge >= 0.3 is 5.97 Å². The van der Waals surface area contributed by atoms with Gasteiger partial charge in [-0.3, -0.25) is 14.4 Å². The Morgan fingerprint density at radius 2 is 2.24 bits per heavy atom. The molecule has 0 amide bonds. The fourth-order valence-corrected chi connectivity index (χ4v) is 3.06. The summed E-state index contributed by atoms with van der Waals surface area (Å²) in [6, 6.07) is 0. The predicted octanol–water partition coefficient (Wildman–Crippen LogP) is 0.877. The SMILES string of the molecule is COC(=O)C1CCCN(Cc2c(C)nn(CCO)c2C)C1. The van der Waals surface area contributed by atoms with Crippen LogP contribution in [0.4, 0.5) is 0 Å². The number of piperidine rings is 1. The predicted molar refractivity (Wildman–Crippen MR) is 78.8 cm³/mol. The van der Waals surface area contributed by atoms with Gasteiger partial charge in [-0.25, -0.2) is 0 Å². The maximum Gasteiger partial charge on any atom is 0.309 e. The average molecular weight is 295 g/mol. The van der Waals surface area contributed by atoms with Gasteiger partial charge in [-0.1, -0.05) is 0 Å². The van der Waals surface area contributed by atoms with E-state index in [9.17, 15) is 4.79 Å². The van der Waals surface area contributed by atoms with Crippen molar-refractivity contribution in [3.05, 3.63) is 17.0 Å². The first-order chi connectivity index (χ1) is 10.1. The van der Waals surface area contributed by atoms with Crippen LogP contribution >= 0.6 is 0 Å². The number of carbonyl (C=O) groups excluding carboxylic acids is 1. The number of carbonyl (C=O) groups is 1. The molecule has 1 aromatic heterocycles. The molecule has 0 aliphatic carbocycles. The van der Waals surface area contributed by atoms with Crippen LogP contribution in [0.3, 0.4) is 0 Å². The smallest absolute Gasteiger partial charge is 0.309 e. The highest BCUT2D eigenvalue weighted by molar-refractivity contribution is 5.72. The summed E-state index contributed by atoms with van der Waals surface area (Å²) in [5.74, 6) is -0.124. The summed E-state index contributed by atoms with van der Waals surface area (Å²) < 4.78 is 6.72. The molecule has 6 nitrogen and oxygen atoms in total. The quantitative estimate of drug-likeness (QED) is 0.817. The van der Waals surface area contributed by atoms with Crippen molar-refractivity contribution in [2.45, 2.75) is 39.8 Å². The standard InChI is InChI=1S/C15H25N3O3/c1-11-14(12(2)18(16-11)7-8-19)10-17-6-4-5-13(9-17)15(20)21-3/h13,19H,4-10H2,1-3H3. The van der Waals surface area contributed by atoms with Gasteiger partial charge in [0.1, 0.15) is 0 Å². The Labute approximate surface area is 125 Å². The van der Waals surface area contributed by atoms with E-state index in [-0.39, 0.29) is 18.5 Å². The maximum absolute atomic E-state index is 11.7. The van der Waals surface area contributed by atoms with Crippen molar-refractivity contribution in [3.63, 3.8) is 0 Å². The summed E-state index contributed by atoms with van der Waals surface area (Å²) in [7, 11) is 1.45. The van der Waals surface area contributed by atoms with Crippen LogP contribution in [-0.2, 0) is 22.6 Å². The van der Waals surface area contributed by atoms with Gasteiger partial charge in [-0.15, -0.1) is 0 Å². The van der Waals surface area contributed by atoms with Crippen LogP contribution < -0.4 is 0 Å². The summed E-state index contributed by atoms with van der Waals surface area (Å²) in [5, 5.41) is 13.5. The molecule has 118 valence electrons. The van der Waals surface area contributed by atoms with Gasteiger partial charge < -0.3 is 9.84 Å². The number of rotatable bonds is 5. The second kappa shape index (κ2) is 7.04. The number of hydrogen-bond donors (Lipinski definition) is 1. The number of hydrogen-bond acceptors (Lipinski definition) is 5. The Hall–Kier alpha value is -1.40. The summed E-state index contributed by atoms with van der Waals surface area (Å²) in [5.41, 5.74) is 3.30. The molecule has 0 spiro atoms. The highest BCUT2D eigenvalue weighted by Crippen LogP contribution is 2.22.